The maximum Gasteiger partial charge on any atom is 0.0344 e. The van der Waals surface area contributed by atoms with Gasteiger partial charge in [0.05, 0.1) is 0 Å². The third-order valence-corrected chi connectivity index (χ3v) is 3.52. The minimum atomic E-state index is 0.657. The van der Waals surface area contributed by atoms with Crippen LogP contribution in [0.15, 0.2) is 24.3 Å². The highest BCUT2D eigenvalue weighted by Gasteiger charge is 2.17. The van der Waals surface area contributed by atoms with E-state index in [1.54, 1.807) is 0 Å². The Labute approximate surface area is 105 Å². The van der Waals surface area contributed by atoms with Crippen LogP contribution < -0.4 is 5.32 Å². The van der Waals surface area contributed by atoms with E-state index in [4.69, 9.17) is 0 Å². The van der Waals surface area contributed by atoms with Crippen LogP contribution in [0.4, 0.5) is 5.69 Å². The smallest absolute Gasteiger partial charge is 0.0344 e. The topological polar surface area (TPSA) is 15.3 Å². The summed E-state index contributed by atoms with van der Waals surface area (Å²) in [6, 6.07) is 9.34. The Morgan fingerprint density at radius 1 is 1.29 bits per heavy atom. The van der Waals surface area contributed by atoms with Crippen molar-refractivity contribution in [1.82, 2.24) is 4.90 Å². The van der Waals surface area contributed by atoms with Crippen molar-refractivity contribution in [3.8, 4) is 0 Å². The van der Waals surface area contributed by atoms with E-state index in [1.807, 2.05) is 0 Å². The van der Waals surface area contributed by atoms with E-state index in [0.717, 1.165) is 0 Å². The second kappa shape index (κ2) is 6.06. The molecular weight excluding hydrogens is 208 g/mol. The minimum Gasteiger partial charge on any atom is -0.382 e. The molecule has 0 aliphatic carbocycles. The van der Waals surface area contributed by atoms with Crippen LogP contribution in [0.25, 0.3) is 0 Å². The summed E-state index contributed by atoms with van der Waals surface area (Å²) >= 11 is 0. The van der Waals surface area contributed by atoms with E-state index < -0.39 is 0 Å². The first-order chi connectivity index (χ1) is 8.28. The Bertz CT molecular complexity index is 341. The predicted octanol–water partition coefficient (Wildman–Crippen LogP) is 3.28. The lowest BCUT2D eigenvalue weighted by Gasteiger charge is -2.32. The van der Waals surface area contributed by atoms with Crippen molar-refractivity contribution >= 4 is 5.69 Å². The first kappa shape index (κ1) is 12.4. The maximum absolute atomic E-state index is 3.66. The third kappa shape index (κ3) is 3.74. The van der Waals surface area contributed by atoms with Gasteiger partial charge in [-0.2, -0.15) is 0 Å². The van der Waals surface area contributed by atoms with Gasteiger partial charge in [-0.05, 0) is 50.4 Å². The Balaban J connectivity index is 1.82. The molecule has 0 bridgehead atoms. The zero-order chi connectivity index (χ0) is 12.1. The summed E-state index contributed by atoms with van der Waals surface area (Å²) in [7, 11) is 0. The molecule has 2 heteroatoms. The van der Waals surface area contributed by atoms with Gasteiger partial charge in [-0.15, -0.1) is 0 Å². The van der Waals surface area contributed by atoms with E-state index in [1.165, 1.54) is 50.1 Å². The molecule has 1 aromatic rings. The number of benzene rings is 1. The van der Waals surface area contributed by atoms with Crippen molar-refractivity contribution in [2.45, 2.75) is 39.2 Å². The second-order valence-corrected chi connectivity index (χ2v) is 5.13. The van der Waals surface area contributed by atoms with Gasteiger partial charge in [0.15, 0.2) is 0 Å². The first-order valence-corrected chi connectivity index (χ1v) is 6.83. The highest BCUT2D eigenvalue weighted by atomic mass is 15.1. The predicted molar refractivity (Wildman–Crippen MR) is 74.6 cm³/mol. The van der Waals surface area contributed by atoms with Crippen LogP contribution in [0.5, 0.6) is 0 Å². The van der Waals surface area contributed by atoms with Gasteiger partial charge in [0.1, 0.15) is 0 Å². The zero-order valence-electron chi connectivity index (χ0n) is 11.1. The third-order valence-electron chi connectivity index (χ3n) is 3.52. The molecule has 1 aliphatic rings. The number of nitrogens with zero attached hydrogens (tertiary/aromatic N) is 1. The monoisotopic (exact) mass is 232 g/mol. The lowest BCUT2D eigenvalue weighted by molar-refractivity contribution is 0.219. The fourth-order valence-corrected chi connectivity index (χ4v) is 2.59. The van der Waals surface area contributed by atoms with E-state index in [2.05, 4.69) is 48.3 Å². The van der Waals surface area contributed by atoms with Gasteiger partial charge in [-0.3, -0.25) is 0 Å². The SMILES string of the molecule is CCCN1CCC(Nc2cccc(C)c2)CC1. The average molecular weight is 232 g/mol. The Kier molecular flexibility index (Phi) is 4.43. The van der Waals surface area contributed by atoms with Crippen LogP contribution in [0.1, 0.15) is 31.7 Å². The van der Waals surface area contributed by atoms with Gasteiger partial charge in [0, 0.05) is 24.8 Å². The summed E-state index contributed by atoms with van der Waals surface area (Å²) in [6.07, 6.45) is 3.82. The molecule has 0 atom stereocenters. The van der Waals surface area contributed by atoms with Crippen LogP contribution in [0, 0.1) is 6.92 Å². The first-order valence-electron chi connectivity index (χ1n) is 6.83. The van der Waals surface area contributed by atoms with Gasteiger partial charge in [0.2, 0.25) is 0 Å². The molecule has 0 radical (unpaired) electrons. The van der Waals surface area contributed by atoms with Crippen molar-refractivity contribution in [2.24, 2.45) is 0 Å². The summed E-state index contributed by atoms with van der Waals surface area (Å²) < 4.78 is 0. The van der Waals surface area contributed by atoms with Gasteiger partial charge in [0.25, 0.3) is 0 Å². The zero-order valence-corrected chi connectivity index (χ0v) is 11.1. The van der Waals surface area contributed by atoms with Crippen molar-refractivity contribution in [2.75, 3.05) is 25.0 Å². The van der Waals surface area contributed by atoms with Crippen LogP contribution >= 0.6 is 0 Å². The summed E-state index contributed by atoms with van der Waals surface area (Å²) in [5, 5.41) is 3.66. The molecule has 2 rings (SSSR count). The number of likely N-dealkylation sites (tertiary alicyclic amines) is 1. The summed E-state index contributed by atoms with van der Waals surface area (Å²) in [4.78, 5) is 2.58. The number of aryl methyl sites for hydroxylation is 1. The molecular formula is C15H24N2. The van der Waals surface area contributed by atoms with E-state index in [-0.39, 0.29) is 0 Å². The van der Waals surface area contributed by atoms with Crippen LogP contribution in [0.2, 0.25) is 0 Å². The van der Waals surface area contributed by atoms with E-state index in [9.17, 15) is 0 Å². The molecule has 17 heavy (non-hydrogen) atoms. The highest BCUT2D eigenvalue weighted by molar-refractivity contribution is 5.46. The molecule has 0 spiro atoms. The van der Waals surface area contributed by atoms with Crippen molar-refractivity contribution in [3.63, 3.8) is 0 Å². The van der Waals surface area contributed by atoms with Gasteiger partial charge in [-0.25, -0.2) is 0 Å². The molecule has 1 N–H and O–H groups in total. The Morgan fingerprint density at radius 2 is 2.06 bits per heavy atom. The average Bonchev–Trinajstić information content (AvgIpc) is 2.32. The number of hydrogen-bond donors (Lipinski definition) is 1. The number of piperidine rings is 1. The Morgan fingerprint density at radius 3 is 2.71 bits per heavy atom. The number of anilines is 1. The van der Waals surface area contributed by atoms with Gasteiger partial charge < -0.3 is 10.2 Å². The molecule has 1 fully saturated rings. The molecule has 1 heterocycles. The molecule has 1 aromatic carbocycles. The number of nitrogens with one attached hydrogen (secondary N) is 1. The van der Waals surface area contributed by atoms with Crippen molar-refractivity contribution in [3.05, 3.63) is 29.8 Å². The minimum absolute atomic E-state index is 0.657. The van der Waals surface area contributed by atoms with Gasteiger partial charge in [-0.1, -0.05) is 19.1 Å². The number of rotatable bonds is 4. The van der Waals surface area contributed by atoms with E-state index in [0.29, 0.717) is 6.04 Å². The van der Waals surface area contributed by atoms with Crippen molar-refractivity contribution in [1.29, 1.82) is 0 Å². The fourth-order valence-electron chi connectivity index (χ4n) is 2.59. The summed E-state index contributed by atoms with van der Waals surface area (Å²) in [6.45, 7) is 8.16. The molecule has 0 saturated carbocycles. The van der Waals surface area contributed by atoms with Crippen molar-refractivity contribution < 1.29 is 0 Å². The quantitative estimate of drug-likeness (QED) is 0.857. The lowest BCUT2D eigenvalue weighted by Crippen LogP contribution is -2.39. The standard InChI is InChI=1S/C15H24N2/c1-3-9-17-10-7-14(8-11-17)16-15-6-4-5-13(2)12-15/h4-6,12,14,16H,3,7-11H2,1-2H3. The molecule has 2 nitrogen and oxygen atoms in total. The maximum atomic E-state index is 3.66. The summed E-state index contributed by atoms with van der Waals surface area (Å²) in [5.41, 5.74) is 2.61. The molecule has 94 valence electrons. The molecule has 1 aliphatic heterocycles. The second-order valence-electron chi connectivity index (χ2n) is 5.13. The number of hydrogen-bond acceptors (Lipinski definition) is 2. The van der Waals surface area contributed by atoms with Gasteiger partial charge >= 0.3 is 0 Å². The van der Waals surface area contributed by atoms with E-state index >= 15 is 0 Å². The molecule has 0 aromatic heterocycles. The highest BCUT2D eigenvalue weighted by Crippen LogP contribution is 2.17. The van der Waals surface area contributed by atoms with Crippen LogP contribution in [-0.4, -0.2) is 30.6 Å². The fraction of sp³-hybridized carbons (Fsp3) is 0.600. The molecule has 0 amide bonds. The van der Waals surface area contributed by atoms with Crippen LogP contribution in [-0.2, 0) is 0 Å². The molecule has 1 saturated heterocycles. The Hall–Kier alpha value is -1.02. The summed E-state index contributed by atoms with van der Waals surface area (Å²) in [5.74, 6) is 0. The molecule has 0 unspecified atom stereocenters. The normalized spacial score (nSPS) is 18.2. The van der Waals surface area contributed by atoms with Crippen LogP contribution in [0.3, 0.4) is 0 Å². The largest absolute Gasteiger partial charge is 0.382 e. The lowest BCUT2D eigenvalue weighted by atomic mass is 10.0.